The molecule has 0 aliphatic carbocycles. The Bertz CT molecular complexity index is 261. The highest BCUT2D eigenvalue weighted by Crippen LogP contribution is 2.25. The summed E-state index contributed by atoms with van der Waals surface area (Å²) in [7, 11) is 0. The van der Waals surface area contributed by atoms with Crippen LogP contribution in [0.15, 0.2) is 0 Å². The summed E-state index contributed by atoms with van der Waals surface area (Å²) in [5.74, 6) is 1.96. The molecule has 100 valence electrons. The Hall–Kier alpha value is -0.570. The fourth-order valence-corrected chi connectivity index (χ4v) is 2.75. The first-order valence-electron chi connectivity index (χ1n) is 6.87. The molecule has 0 aromatic heterocycles. The summed E-state index contributed by atoms with van der Waals surface area (Å²) in [5, 5.41) is 3.46. The second kappa shape index (κ2) is 5.85. The van der Waals surface area contributed by atoms with Crippen LogP contribution < -0.4 is 5.32 Å². The van der Waals surface area contributed by atoms with Gasteiger partial charge in [-0.2, -0.15) is 0 Å². The molecule has 1 heterocycles. The molecule has 3 heteroatoms. The predicted molar refractivity (Wildman–Crippen MR) is 71.8 cm³/mol. The SMILES string of the molecule is CC(C)C1CN(C(C)C)C(=O)CNC1C(C)C. The smallest absolute Gasteiger partial charge is 0.236 e. The molecular weight excluding hydrogens is 212 g/mol. The molecule has 0 saturated carbocycles. The van der Waals surface area contributed by atoms with Gasteiger partial charge in [0.2, 0.25) is 5.91 Å². The van der Waals surface area contributed by atoms with Crippen molar-refractivity contribution in [1.29, 1.82) is 0 Å². The maximum Gasteiger partial charge on any atom is 0.236 e. The van der Waals surface area contributed by atoms with Crippen molar-refractivity contribution < 1.29 is 4.79 Å². The summed E-state index contributed by atoms with van der Waals surface area (Å²) in [4.78, 5) is 14.1. The third kappa shape index (κ3) is 3.44. The molecule has 1 amide bonds. The number of hydrogen-bond donors (Lipinski definition) is 1. The Kier molecular flexibility index (Phi) is 4.99. The van der Waals surface area contributed by atoms with E-state index < -0.39 is 0 Å². The van der Waals surface area contributed by atoms with E-state index in [-0.39, 0.29) is 5.91 Å². The van der Waals surface area contributed by atoms with Gasteiger partial charge in [0.15, 0.2) is 0 Å². The molecule has 3 nitrogen and oxygen atoms in total. The molecule has 1 saturated heterocycles. The van der Waals surface area contributed by atoms with E-state index in [1.807, 2.05) is 4.90 Å². The summed E-state index contributed by atoms with van der Waals surface area (Å²) < 4.78 is 0. The van der Waals surface area contributed by atoms with Crippen molar-refractivity contribution in [1.82, 2.24) is 10.2 Å². The Morgan fingerprint density at radius 2 is 1.71 bits per heavy atom. The molecule has 17 heavy (non-hydrogen) atoms. The van der Waals surface area contributed by atoms with Crippen LogP contribution in [0.3, 0.4) is 0 Å². The molecule has 0 spiro atoms. The number of carbonyl (C=O) groups is 1. The Morgan fingerprint density at radius 3 is 2.12 bits per heavy atom. The third-order valence-electron chi connectivity index (χ3n) is 3.88. The van der Waals surface area contributed by atoms with E-state index in [0.29, 0.717) is 36.4 Å². The minimum absolute atomic E-state index is 0.244. The van der Waals surface area contributed by atoms with E-state index in [0.717, 1.165) is 6.54 Å². The van der Waals surface area contributed by atoms with Crippen molar-refractivity contribution >= 4 is 5.91 Å². The largest absolute Gasteiger partial charge is 0.339 e. The molecule has 1 aliphatic rings. The van der Waals surface area contributed by atoms with Gasteiger partial charge in [0.1, 0.15) is 0 Å². The highest BCUT2D eigenvalue weighted by Gasteiger charge is 2.34. The van der Waals surface area contributed by atoms with Crippen molar-refractivity contribution in [3.63, 3.8) is 0 Å². The van der Waals surface area contributed by atoms with E-state index in [2.05, 4.69) is 46.9 Å². The van der Waals surface area contributed by atoms with E-state index in [4.69, 9.17) is 0 Å². The summed E-state index contributed by atoms with van der Waals surface area (Å²) in [6.07, 6.45) is 0. The van der Waals surface area contributed by atoms with E-state index >= 15 is 0 Å². The molecule has 0 aromatic carbocycles. The average molecular weight is 240 g/mol. The van der Waals surface area contributed by atoms with Crippen LogP contribution >= 0.6 is 0 Å². The van der Waals surface area contributed by atoms with Gasteiger partial charge in [0.25, 0.3) is 0 Å². The van der Waals surface area contributed by atoms with Gasteiger partial charge in [-0.1, -0.05) is 27.7 Å². The van der Waals surface area contributed by atoms with Crippen LogP contribution in [-0.4, -0.2) is 36.0 Å². The Morgan fingerprint density at radius 1 is 1.12 bits per heavy atom. The third-order valence-corrected chi connectivity index (χ3v) is 3.88. The summed E-state index contributed by atoms with van der Waals surface area (Å²) in [5.41, 5.74) is 0. The predicted octanol–water partition coefficient (Wildman–Crippen LogP) is 2.12. The summed E-state index contributed by atoms with van der Waals surface area (Å²) in [6, 6.07) is 0.749. The zero-order valence-electron chi connectivity index (χ0n) is 12.2. The number of rotatable bonds is 3. The average Bonchev–Trinajstić information content (AvgIpc) is 2.37. The second-order valence-electron chi connectivity index (χ2n) is 6.20. The molecule has 0 radical (unpaired) electrons. The van der Waals surface area contributed by atoms with Crippen LogP contribution in [0.2, 0.25) is 0 Å². The van der Waals surface area contributed by atoms with E-state index in [9.17, 15) is 4.79 Å². The highest BCUT2D eigenvalue weighted by atomic mass is 16.2. The van der Waals surface area contributed by atoms with Crippen molar-refractivity contribution in [2.75, 3.05) is 13.1 Å². The van der Waals surface area contributed by atoms with Crippen molar-refractivity contribution in [3.8, 4) is 0 Å². The normalized spacial score (nSPS) is 27.1. The van der Waals surface area contributed by atoms with E-state index in [1.165, 1.54) is 0 Å². The maximum absolute atomic E-state index is 12.1. The highest BCUT2D eigenvalue weighted by molar-refractivity contribution is 5.78. The Labute approximate surface area is 106 Å². The lowest BCUT2D eigenvalue weighted by Gasteiger charge is -2.34. The standard InChI is InChI=1S/C14H28N2O/c1-9(2)12-8-16(11(5)6)13(17)7-15-14(12)10(3)4/h9-12,14-15H,7-8H2,1-6H3. The van der Waals surface area contributed by atoms with Crippen LogP contribution in [0.4, 0.5) is 0 Å². The van der Waals surface area contributed by atoms with Crippen LogP contribution in [-0.2, 0) is 4.79 Å². The first-order valence-corrected chi connectivity index (χ1v) is 6.87. The molecule has 2 unspecified atom stereocenters. The zero-order valence-corrected chi connectivity index (χ0v) is 12.2. The molecule has 1 aliphatic heterocycles. The second-order valence-corrected chi connectivity index (χ2v) is 6.20. The molecule has 1 fully saturated rings. The topological polar surface area (TPSA) is 32.3 Å². The number of amides is 1. The fourth-order valence-electron chi connectivity index (χ4n) is 2.75. The van der Waals surface area contributed by atoms with Crippen LogP contribution in [0.25, 0.3) is 0 Å². The molecule has 0 aromatic rings. The quantitative estimate of drug-likeness (QED) is 0.819. The fraction of sp³-hybridized carbons (Fsp3) is 0.929. The first-order chi connectivity index (χ1) is 7.84. The van der Waals surface area contributed by atoms with Crippen LogP contribution in [0.5, 0.6) is 0 Å². The lowest BCUT2D eigenvalue weighted by Crippen LogP contribution is -2.44. The van der Waals surface area contributed by atoms with Crippen LogP contribution in [0.1, 0.15) is 41.5 Å². The molecule has 1 rings (SSSR count). The molecular formula is C14H28N2O. The van der Waals surface area contributed by atoms with Crippen molar-refractivity contribution in [2.24, 2.45) is 17.8 Å². The molecule has 0 bridgehead atoms. The number of hydrogen-bond acceptors (Lipinski definition) is 2. The number of nitrogens with one attached hydrogen (secondary N) is 1. The van der Waals surface area contributed by atoms with Crippen molar-refractivity contribution in [2.45, 2.75) is 53.6 Å². The Balaban J connectivity index is 2.90. The molecule has 1 N–H and O–H groups in total. The van der Waals surface area contributed by atoms with Gasteiger partial charge < -0.3 is 10.2 Å². The van der Waals surface area contributed by atoms with Crippen molar-refractivity contribution in [3.05, 3.63) is 0 Å². The van der Waals surface area contributed by atoms with Gasteiger partial charge in [-0.15, -0.1) is 0 Å². The van der Waals surface area contributed by atoms with Gasteiger partial charge in [0.05, 0.1) is 6.54 Å². The van der Waals surface area contributed by atoms with Gasteiger partial charge >= 0.3 is 0 Å². The minimum atomic E-state index is 0.244. The number of nitrogens with zero attached hydrogens (tertiary/aromatic N) is 1. The van der Waals surface area contributed by atoms with E-state index in [1.54, 1.807) is 0 Å². The first kappa shape index (κ1) is 14.5. The van der Waals surface area contributed by atoms with Crippen LogP contribution in [0, 0.1) is 17.8 Å². The van der Waals surface area contributed by atoms with Gasteiger partial charge in [-0.25, -0.2) is 0 Å². The van der Waals surface area contributed by atoms with Gasteiger partial charge in [-0.3, -0.25) is 4.79 Å². The summed E-state index contributed by atoms with van der Waals surface area (Å²) in [6.45, 7) is 14.6. The van der Waals surface area contributed by atoms with Gasteiger partial charge in [0, 0.05) is 18.6 Å². The molecule has 2 atom stereocenters. The lowest BCUT2D eigenvalue weighted by atomic mass is 9.82. The lowest BCUT2D eigenvalue weighted by molar-refractivity contribution is -0.131. The maximum atomic E-state index is 12.1. The minimum Gasteiger partial charge on any atom is -0.339 e. The zero-order chi connectivity index (χ0) is 13.2. The monoisotopic (exact) mass is 240 g/mol. The van der Waals surface area contributed by atoms with Gasteiger partial charge in [-0.05, 0) is 31.6 Å². The number of carbonyl (C=O) groups excluding carboxylic acids is 1. The summed E-state index contributed by atoms with van der Waals surface area (Å²) >= 11 is 0.